The van der Waals surface area contributed by atoms with Crippen molar-refractivity contribution in [2.45, 2.75) is 13.0 Å². The van der Waals surface area contributed by atoms with Gasteiger partial charge in [-0.05, 0) is 13.2 Å². The summed E-state index contributed by atoms with van der Waals surface area (Å²) >= 11 is 1.60. The molecular formula is C8H13NO2S. The zero-order chi connectivity index (χ0) is 9.40. The number of carbonyl (C=O) groups is 1. The number of ether oxygens (including phenoxy) is 1. The Hall–Kier alpha value is -0.660. The summed E-state index contributed by atoms with van der Waals surface area (Å²) in [6, 6.07) is -0.246. The fraction of sp³-hybridized carbons (Fsp3) is 0.625. The van der Waals surface area contributed by atoms with Crippen LogP contribution < -0.4 is 5.73 Å². The quantitative estimate of drug-likeness (QED) is 0.391. The van der Waals surface area contributed by atoms with Crippen LogP contribution in [0.15, 0.2) is 0 Å². The molecule has 3 nitrogen and oxygen atoms in total. The molecule has 1 atom stereocenters. The molecule has 0 aliphatic heterocycles. The largest absolute Gasteiger partial charge is 0.456 e. The first-order valence-electron chi connectivity index (χ1n) is 3.63. The molecule has 2 N–H and O–H groups in total. The van der Waals surface area contributed by atoms with Gasteiger partial charge in [0.25, 0.3) is 0 Å². The molecule has 0 rings (SSSR count). The maximum atomic E-state index is 10.7. The van der Waals surface area contributed by atoms with Crippen LogP contribution in [0.1, 0.15) is 6.92 Å². The van der Waals surface area contributed by atoms with Crippen molar-refractivity contribution >= 4 is 17.7 Å². The molecule has 0 aromatic rings. The minimum Gasteiger partial charge on any atom is -0.456 e. The topological polar surface area (TPSA) is 52.3 Å². The molecule has 0 amide bonds. The fourth-order valence-electron chi connectivity index (χ4n) is 0.540. The molecule has 0 heterocycles. The zero-order valence-corrected chi connectivity index (χ0v) is 8.11. The number of hydrogen-bond acceptors (Lipinski definition) is 4. The highest BCUT2D eigenvalue weighted by Crippen LogP contribution is 1.92. The molecule has 0 spiro atoms. The molecule has 0 saturated heterocycles. The Labute approximate surface area is 77.0 Å². The monoisotopic (exact) mass is 187 g/mol. The average Bonchev–Trinajstić information content (AvgIpc) is 2.02. The summed E-state index contributed by atoms with van der Waals surface area (Å²) in [5.41, 5.74) is 5.53. The van der Waals surface area contributed by atoms with Gasteiger partial charge in [0.05, 0.1) is 12.6 Å². The van der Waals surface area contributed by atoms with Crippen molar-refractivity contribution in [3.63, 3.8) is 0 Å². The van der Waals surface area contributed by atoms with Gasteiger partial charge in [-0.1, -0.05) is 5.92 Å². The number of nitrogens with two attached hydrogens (primary N) is 1. The van der Waals surface area contributed by atoms with Gasteiger partial charge in [-0.2, -0.15) is 11.8 Å². The van der Waals surface area contributed by atoms with E-state index in [0.29, 0.717) is 6.61 Å². The van der Waals surface area contributed by atoms with Crippen molar-refractivity contribution in [2.24, 2.45) is 5.73 Å². The number of carbonyl (C=O) groups excluding carboxylic acids is 1. The van der Waals surface area contributed by atoms with E-state index in [2.05, 4.69) is 16.6 Å². The molecule has 0 aliphatic carbocycles. The molecule has 1 unspecified atom stereocenters. The van der Waals surface area contributed by atoms with Gasteiger partial charge >= 0.3 is 5.97 Å². The van der Waals surface area contributed by atoms with E-state index in [1.165, 1.54) is 0 Å². The predicted octanol–water partition coefficient (Wildman–Crippen LogP) is 0.243. The van der Waals surface area contributed by atoms with E-state index >= 15 is 0 Å². The molecule has 0 bridgehead atoms. The minimum absolute atomic E-state index is 0.246. The highest BCUT2D eigenvalue weighted by Gasteiger charge is 1.96. The van der Waals surface area contributed by atoms with Crippen molar-refractivity contribution in [2.75, 3.05) is 18.6 Å². The first kappa shape index (κ1) is 11.3. The molecule has 0 aromatic heterocycles. The normalized spacial score (nSPS) is 11.2. The van der Waals surface area contributed by atoms with E-state index in [9.17, 15) is 4.79 Å². The number of esters is 1. The van der Waals surface area contributed by atoms with Crippen LogP contribution in [-0.2, 0) is 9.53 Å². The molecule has 0 saturated carbocycles. The lowest BCUT2D eigenvalue weighted by Gasteiger charge is -1.98. The van der Waals surface area contributed by atoms with Crippen molar-refractivity contribution in [3.8, 4) is 11.8 Å². The van der Waals surface area contributed by atoms with Gasteiger partial charge in [-0.3, -0.25) is 0 Å². The lowest BCUT2D eigenvalue weighted by atomic mass is 10.4. The third kappa shape index (κ3) is 6.08. The Morgan fingerprint density at radius 2 is 2.42 bits per heavy atom. The molecule has 0 radical (unpaired) electrons. The Bertz CT molecular complexity index is 195. The molecule has 0 aromatic carbocycles. The lowest BCUT2D eigenvalue weighted by molar-refractivity contribution is -0.136. The lowest BCUT2D eigenvalue weighted by Crippen LogP contribution is -2.20. The molecular weight excluding hydrogens is 174 g/mol. The number of hydrogen-bond donors (Lipinski definition) is 1. The first-order valence-corrected chi connectivity index (χ1v) is 5.03. The number of thioether (sulfide) groups is 1. The standard InChI is InChI=1S/C8H13NO2S/c1-3-11-8(10)5-4-7(9)6-12-2/h7H,3,6,9H2,1-2H3. The highest BCUT2D eigenvalue weighted by atomic mass is 32.2. The third-order valence-electron chi connectivity index (χ3n) is 0.981. The fourth-order valence-corrected chi connectivity index (χ4v) is 0.982. The second-order valence-electron chi connectivity index (χ2n) is 2.05. The van der Waals surface area contributed by atoms with Gasteiger partial charge in [0.2, 0.25) is 0 Å². The average molecular weight is 187 g/mol. The molecule has 4 heteroatoms. The van der Waals surface area contributed by atoms with Gasteiger partial charge in [-0.25, -0.2) is 4.79 Å². The van der Waals surface area contributed by atoms with Crippen molar-refractivity contribution in [1.82, 2.24) is 0 Å². The van der Waals surface area contributed by atoms with E-state index in [-0.39, 0.29) is 6.04 Å². The van der Waals surface area contributed by atoms with E-state index in [0.717, 1.165) is 5.75 Å². The maximum absolute atomic E-state index is 10.7. The van der Waals surface area contributed by atoms with Gasteiger partial charge < -0.3 is 10.5 Å². The zero-order valence-electron chi connectivity index (χ0n) is 7.29. The van der Waals surface area contributed by atoms with Crippen molar-refractivity contribution in [1.29, 1.82) is 0 Å². The second-order valence-corrected chi connectivity index (χ2v) is 2.96. The molecule has 0 fully saturated rings. The Morgan fingerprint density at radius 3 is 2.92 bits per heavy atom. The number of rotatable bonds is 3. The SMILES string of the molecule is CCOC(=O)C#CC(N)CSC. The van der Waals surface area contributed by atoms with Gasteiger partial charge in [0, 0.05) is 11.7 Å². The smallest absolute Gasteiger partial charge is 0.384 e. The van der Waals surface area contributed by atoms with E-state index in [1.54, 1.807) is 18.7 Å². The van der Waals surface area contributed by atoms with Crippen LogP contribution in [0.3, 0.4) is 0 Å². The van der Waals surface area contributed by atoms with Crippen molar-refractivity contribution in [3.05, 3.63) is 0 Å². The Morgan fingerprint density at radius 1 is 1.75 bits per heavy atom. The van der Waals surface area contributed by atoms with Gasteiger partial charge in [-0.15, -0.1) is 0 Å². The van der Waals surface area contributed by atoms with Crippen LogP contribution in [-0.4, -0.2) is 30.6 Å². The third-order valence-corrected chi connectivity index (χ3v) is 1.67. The van der Waals surface area contributed by atoms with E-state index < -0.39 is 5.97 Å². The maximum Gasteiger partial charge on any atom is 0.384 e. The second kappa shape index (κ2) is 7.01. The van der Waals surface area contributed by atoms with Crippen LogP contribution in [0.4, 0.5) is 0 Å². The first-order chi connectivity index (χ1) is 5.70. The van der Waals surface area contributed by atoms with Crippen LogP contribution in [0.25, 0.3) is 0 Å². The molecule has 0 aliphatic rings. The van der Waals surface area contributed by atoms with Crippen LogP contribution in [0, 0.1) is 11.8 Å². The Kier molecular flexibility index (Phi) is 6.63. The summed E-state index contributed by atoms with van der Waals surface area (Å²) < 4.78 is 4.60. The van der Waals surface area contributed by atoms with Crippen LogP contribution in [0.5, 0.6) is 0 Å². The summed E-state index contributed by atoms with van der Waals surface area (Å²) in [7, 11) is 0. The van der Waals surface area contributed by atoms with Crippen molar-refractivity contribution < 1.29 is 9.53 Å². The van der Waals surface area contributed by atoms with Crippen LogP contribution in [0.2, 0.25) is 0 Å². The van der Waals surface area contributed by atoms with Crippen LogP contribution >= 0.6 is 11.8 Å². The summed E-state index contributed by atoms with van der Waals surface area (Å²) in [6.45, 7) is 2.09. The Balaban J connectivity index is 3.76. The summed E-state index contributed by atoms with van der Waals surface area (Å²) in [4.78, 5) is 10.7. The summed E-state index contributed by atoms with van der Waals surface area (Å²) in [5, 5.41) is 0. The van der Waals surface area contributed by atoms with E-state index in [1.807, 2.05) is 6.26 Å². The summed E-state index contributed by atoms with van der Waals surface area (Å²) in [5.74, 6) is 5.14. The highest BCUT2D eigenvalue weighted by molar-refractivity contribution is 7.98. The van der Waals surface area contributed by atoms with E-state index in [4.69, 9.17) is 5.73 Å². The van der Waals surface area contributed by atoms with Gasteiger partial charge in [0.1, 0.15) is 0 Å². The molecule has 12 heavy (non-hydrogen) atoms. The summed E-state index contributed by atoms with van der Waals surface area (Å²) in [6.07, 6.45) is 1.94. The van der Waals surface area contributed by atoms with Gasteiger partial charge in [0.15, 0.2) is 0 Å². The predicted molar refractivity (Wildman–Crippen MR) is 50.8 cm³/mol. The molecule has 68 valence electrons. The minimum atomic E-state index is -0.506.